The molecule has 0 bridgehead atoms. The van der Waals surface area contributed by atoms with Crippen LogP contribution >= 0.6 is 0 Å². The third-order valence-corrected chi connectivity index (χ3v) is 3.22. The van der Waals surface area contributed by atoms with Crippen molar-refractivity contribution < 1.29 is 9.53 Å². The van der Waals surface area contributed by atoms with Crippen LogP contribution in [0.25, 0.3) is 0 Å². The number of ether oxygens (including phenoxy) is 1. The molecule has 1 heterocycles. The van der Waals surface area contributed by atoms with Crippen molar-refractivity contribution in [1.82, 2.24) is 5.32 Å². The van der Waals surface area contributed by atoms with E-state index in [-0.39, 0.29) is 18.1 Å². The summed E-state index contributed by atoms with van der Waals surface area (Å²) < 4.78 is 5.43. The van der Waals surface area contributed by atoms with Crippen molar-refractivity contribution in [2.75, 3.05) is 18.5 Å². The zero-order valence-corrected chi connectivity index (χ0v) is 10.9. The summed E-state index contributed by atoms with van der Waals surface area (Å²) in [5, 5.41) is 6.21. The maximum Gasteiger partial charge on any atom is 0.251 e. The predicted molar refractivity (Wildman–Crippen MR) is 71.9 cm³/mol. The molecule has 0 aromatic heterocycles. The fraction of sp³-hybridized carbons (Fsp3) is 0.500. The lowest BCUT2D eigenvalue weighted by Crippen LogP contribution is -2.39. The fourth-order valence-electron chi connectivity index (χ4n) is 2.12. The smallest absolute Gasteiger partial charge is 0.251 e. The van der Waals surface area contributed by atoms with Gasteiger partial charge in [0.25, 0.3) is 5.91 Å². The molecule has 0 aliphatic carbocycles. The van der Waals surface area contributed by atoms with E-state index in [9.17, 15) is 4.79 Å². The van der Waals surface area contributed by atoms with E-state index in [0.29, 0.717) is 5.56 Å². The minimum atomic E-state index is -0.0274. The minimum Gasteiger partial charge on any atom is -0.385 e. The van der Waals surface area contributed by atoms with Gasteiger partial charge in [0.2, 0.25) is 0 Å². The molecule has 1 aliphatic heterocycles. The molecule has 4 heteroatoms. The zero-order valence-electron chi connectivity index (χ0n) is 10.9. The minimum absolute atomic E-state index is 0.0274. The van der Waals surface area contributed by atoms with E-state index in [1.807, 2.05) is 38.1 Å². The molecule has 2 rings (SSSR count). The van der Waals surface area contributed by atoms with Crippen LogP contribution in [-0.2, 0) is 4.74 Å². The molecule has 2 atom stereocenters. The first-order valence-electron chi connectivity index (χ1n) is 6.47. The van der Waals surface area contributed by atoms with Gasteiger partial charge in [-0.1, -0.05) is 0 Å². The van der Waals surface area contributed by atoms with Gasteiger partial charge in [-0.05, 0) is 44.5 Å². The van der Waals surface area contributed by atoms with Crippen LogP contribution in [0, 0.1) is 0 Å². The molecule has 1 aliphatic rings. The quantitative estimate of drug-likeness (QED) is 0.857. The first-order chi connectivity index (χ1) is 8.70. The van der Waals surface area contributed by atoms with Gasteiger partial charge in [-0.3, -0.25) is 4.79 Å². The second-order valence-corrected chi connectivity index (χ2v) is 4.55. The van der Waals surface area contributed by atoms with Crippen LogP contribution in [0.15, 0.2) is 24.3 Å². The highest BCUT2D eigenvalue weighted by atomic mass is 16.5. The van der Waals surface area contributed by atoms with Gasteiger partial charge in [-0.25, -0.2) is 0 Å². The standard InChI is InChI=1S/C14H20N2O2/c1-3-15-12-6-4-11(5-7-12)14(17)16-13-8-9-18-10(13)2/h4-7,10,13,15H,3,8-9H2,1-2H3,(H,16,17). The summed E-state index contributed by atoms with van der Waals surface area (Å²) >= 11 is 0. The van der Waals surface area contributed by atoms with Gasteiger partial charge >= 0.3 is 0 Å². The first kappa shape index (κ1) is 12.9. The molecule has 98 valence electrons. The summed E-state index contributed by atoms with van der Waals surface area (Å²) in [6, 6.07) is 7.66. The van der Waals surface area contributed by atoms with Crippen LogP contribution in [0.5, 0.6) is 0 Å². The molecule has 1 amide bonds. The molecule has 2 N–H and O–H groups in total. The van der Waals surface area contributed by atoms with Crippen molar-refractivity contribution in [1.29, 1.82) is 0 Å². The number of hydrogen-bond donors (Lipinski definition) is 2. The summed E-state index contributed by atoms with van der Waals surface area (Å²) in [6.45, 7) is 5.64. The van der Waals surface area contributed by atoms with Gasteiger partial charge < -0.3 is 15.4 Å². The Labute approximate surface area is 108 Å². The highest BCUT2D eigenvalue weighted by molar-refractivity contribution is 5.94. The maximum absolute atomic E-state index is 12.0. The SMILES string of the molecule is CCNc1ccc(C(=O)NC2CCOC2C)cc1. The van der Waals surface area contributed by atoms with E-state index in [0.717, 1.165) is 25.3 Å². The third kappa shape index (κ3) is 3.01. The molecule has 18 heavy (non-hydrogen) atoms. The Morgan fingerprint density at radius 1 is 1.39 bits per heavy atom. The zero-order chi connectivity index (χ0) is 13.0. The number of benzene rings is 1. The number of hydrogen-bond acceptors (Lipinski definition) is 3. The van der Waals surface area contributed by atoms with Gasteiger partial charge in [0.1, 0.15) is 0 Å². The lowest BCUT2D eigenvalue weighted by molar-refractivity contribution is 0.0866. The van der Waals surface area contributed by atoms with Crippen LogP contribution in [0.4, 0.5) is 5.69 Å². The Bertz CT molecular complexity index is 403. The van der Waals surface area contributed by atoms with Crippen molar-refractivity contribution >= 4 is 11.6 Å². The first-order valence-corrected chi connectivity index (χ1v) is 6.47. The molecule has 0 spiro atoms. The Balaban J connectivity index is 1.96. The Morgan fingerprint density at radius 2 is 2.11 bits per heavy atom. The Kier molecular flexibility index (Phi) is 4.20. The molecule has 0 saturated carbocycles. The summed E-state index contributed by atoms with van der Waals surface area (Å²) in [5.41, 5.74) is 1.72. The van der Waals surface area contributed by atoms with Crippen molar-refractivity contribution in [3.63, 3.8) is 0 Å². The number of rotatable bonds is 4. The van der Waals surface area contributed by atoms with Gasteiger partial charge in [-0.2, -0.15) is 0 Å². The fourth-order valence-corrected chi connectivity index (χ4v) is 2.12. The predicted octanol–water partition coefficient (Wildman–Crippen LogP) is 2.03. The molecule has 1 fully saturated rings. The van der Waals surface area contributed by atoms with Crippen molar-refractivity contribution in [3.05, 3.63) is 29.8 Å². The summed E-state index contributed by atoms with van der Waals surface area (Å²) in [5.74, 6) is -0.0274. The molecule has 1 saturated heterocycles. The summed E-state index contributed by atoms with van der Waals surface area (Å²) in [4.78, 5) is 12.0. The van der Waals surface area contributed by atoms with Crippen molar-refractivity contribution in [2.45, 2.75) is 32.4 Å². The van der Waals surface area contributed by atoms with E-state index in [2.05, 4.69) is 10.6 Å². The lowest BCUT2D eigenvalue weighted by atomic mass is 10.1. The molecule has 1 aromatic rings. The maximum atomic E-state index is 12.0. The van der Waals surface area contributed by atoms with Gasteiger partial charge in [0.05, 0.1) is 12.1 Å². The monoisotopic (exact) mass is 248 g/mol. The molecular weight excluding hydrogens is 228 g/mol. The van der Waals surface area contributed by atoms with Crippen LogP contribution in [0.3, 0.4) is 0 Å². The highest BCUT2D eigenvalue weighted by Crippen LogP contribution is 2.14. The molecular formula is C14H20N2O2. The van der Waals surface area contributed by atoms with Crippen LogP contribution in [-0.4, -0.2) is 31.2 Å². The second-order valence-electron chi connectivity index (χ2n) is 4.55. The summed E-state index contributed by atoms with van der Waals surface area (Å²) in [7, 11) is 0. The van der Waals surface area contributed by atoms with Crippen molar-refractivity contribution in [3.8, 4) is 0 Å². The van der Waals surface area contributed by atoms with E-state index in [1.54, 1.807) is 0 Å². The van der Waals surface area contributed by atoms with E-state index < -0.39 is 0 Å². The number of carbonyl (C=O) groups is 1. The molecule has 2 unspecified atom stereocenters. The topological polar surface area (TPSA) is 50.4 Å². The number of anilines is 1. The average molecular weight is 248 g/mol. The van der Waals surface area contributed by atoms with Crippen LogP contribution in [0.1, 0.15) is 30.6 Å². The highest BCUT2D eigenvalue weighted by Gasteiger charge is 2.25. The molecule has 4 nitrogen and oxygen atoms in total. The van der Waals surface area contributed by atoms with Crippen LogP contribution in [0.2, 0.25) is 0 Å². The Morgan fingerprint density at radius 3 is 2.67 bits per heavy atom. The van der Waals surface area contributed by atoms with Gasteiger partial charge in [-0.15, -0.1) is 0 Å². The van der Waals surface area contributed by atoms with Crippen LogP contribution < -0.4 is 10.6 Å². The van der Waals surface area contributed by atoms with Gasteiger partial charge in [0.15, 0.2) is 0 Å². The largest absolute Gasteiger partial charge is 0.385 e. The van der Waals surface area contributed by atoms with Crippen molar-refractivity contribution in [2.24, 2.45) is 0 Å². The van der Waals surface area contributed by atoms with E-state index >= 15 is 0 Å². The number of carbonyl (C=O) groups excluding carboxylic acids is 1. The molecule has 1 aromatic carbocycles. The number of amides is 1. The lowest BCUT2D eigenvalue weighted by Gasteiger charge is -2.16. The second kappa shape index (κ2) is 5.87. The number of nitrogens with one attached hydrogen (secondary N) is 2. The van der Waals surface area contributed by atoms with E-state index in [4.69, 9.17) is 4.74 Å². The Hall–Kier alpha value is -1.55. The average Bonchev–Trinajstić information content (AvgIpc) is 2.76. The van der Waals surface area contributed by atoms with Gasteiger partial charge in [0, 0.05) is 24.4 Å². The third-order valence-electron chi connectivity index (χ3n) is 3.22. The van der Waals surface area contributed by atoms with E-state index in [1.165, 1.54) is 0 Å². The normalized spacial score (nSPS) is 22.8. The molecule has 0 radical (unpaired) electrons. The summed E-state index contributed by atoms with van der Waals surface area (Å²) in [6.07, 6.45) is 0.998.